The van der Waals surface area contributed by atoms with E-state index in [4.69, 9.17) is 11.6 Å². The zero-order chi connectivity index (χ0) is 30.3. The highest BCUT2D eigenvalue weighted by Crippen LogP contribution is 2.34. The molecular formula is C35H45ClN4OS. The van der Waals surface area contributed by atoms with Gasteiger partial charge in [0.15, 0.2) is 0 Å². The molecule has 1 N–H and O–H groups in total. The van der Waals surface area contributed by atoms with Gasteiger partial charge in [-0.3, -0.25) is 14.8 Å². The van der Waals surface area contributed by atoms with Gasteiger partial charge in [0.2, 0.25) is 0 Å². The second-order valence-corrected chi connectivity index (χ2v) is 11.8. The van der Waals surface area contributed by atoms with Gasteiger partial charge in [-0.15, -0.1) is 0 Å². The number of halogens is 1. The number of carbonyl (C=O) groups is 1. The van der Waals surface area contributed by atoms with E-state index in [1.165, 1.54) is 38.5 Å². The van der Waals surface area contributed by atoms with Crippen LogP contribution in [0.2, 0.25) is 5.02 Å². The lowest BCUT2D eigenvalue weighted by Gasteiger charge is -2.21. The maximum absolute atomic E-state index is 13.0. The average Bonchev–Trinajstić information content (AvgIpc) is 3.26. The Hall–Kier alpha value is -3.09. The minimum atomic E-state index is -0.162. The van der Waals surface area contributed by atoms with Gasteiger partial charge in [0, 0.05) is 52.6 Å². The lowest BCUT2D eigenvalue weighted by Crippen LogP contribution is -2.16. The molecular weight excluding hydrogens is 560 g/mol. The normalized spacial score (nSPS) is 14.6. The highest BCUT2D eigenvalue weighted by molar-refractivity contribution is 8.00. The number of amides is 1. The first-order valence-electron chi connectivity index (χ1n) is 15.3. The summed E-state index contributed by atoms with van der Waals surface area (Å²) < 4.78 is 2.34. The molecule has 1 aliphatic heterocycles. The van der Waals surface area contributed by atoms with E-state index in [2.05, 4.69) is 40.4 Å². The van der Waals surface area contributed by atoms with Crippen molar-refractivity contribution in [2.75, 3.05) is 21.9 Å². The first-order valence-corrected chi connectivity index (χ1v) is 16.6. The van der Waals surface area contributed by atoms with E-state index in [0.29, 0.717) is 16.3 Å². The summed E-state index contributed by atoms with van der Waals surface area (Å²) in [5.74, 6) is 1.72. The van der Waals surface area contributed by atoms with Crippen molar-refractivity contribution in [1.82, 2.24) is 9.97 Å². The Kier molecular flexibility index (Phi) is 14.1. The molecule has 1 saturated heterocycles. The molecule has 0 saturated carbocycles. The molecule has 5 nitrogen and oxygen atoms in total. The summed E-state index contributed by atoms with van der Waals surface area (Å²) in [5.41, 5.74) is 4.74. The third-order valence-corrected chi connectivity index (χ3v) is 8.52. The van der Waals surface area contributed by atoms with Crippen LogP contribution in [-0.4, -0.2) is 28.2 Å². The summed E-state index contributed by atoms with van der Waals surface area (Å²) >= 11 is 8.39. The summed E-state index contributed by atoms with van der Waals surface area (Å²) in [7, 11) is 0. The van der Waals surface area contributed by atoms with Crippen LogP contribution in [0, 0.1) is 5.92 Å². The number of hydrogen-bond acceptors (Lipinski definition) is 5. The monoisotopic (exact) mass is 604 g/mol. The van der Waals surface area contributed by atoms with Gasteiger partial charge in [-0.2, -0.15) is 0 Å². The lowest BCUT2D eigenvalue weighted by atomic mass is 10.1. The molecule has 2 aromatic carbocycles. The third kappa shape index (κ3) is 9.47. The maximum Gasteiger partial charge on any atom is 0.255 e. The Morgan fingerprint density at radius 2 is 1.71 bits per heavy atom. The summed E-state index contributed by atoms with van der Waals surface area (Å²) in [6, 6.07) is 19.0. The van der Waals surface area contributed by atoms with Crippen molar-refractivity contribution in [1.29, 1.82) is 0 Å². The number of rotatable bonds is 7. The fourth-order valence-corrected chi connectivity index (χ4v) is 6.04. The fourth-order valence-electron chi connectivity index (χ4n) is 4.60. The first-order chi connectivity index (χ1) is 20.5. The van der Waals surface area contributed by atoms with Crippen molar-refractivity contribution in [3.8, 4) is 11.3 Å². The number of fused-ring (bicyclic) bond motifs is 1. The van der Waals surface area contributed by atoms with Crippen LogP contribution in [0.1, 0.15) is 83.5 Å². The SMILES string of the molecule is CC.CC1CCSN(c2ccc(C(=O)Nc3ccc(Cl)c(-c4nccc5ncccc45)c3)cc2)CC1.CCCCCC. The van der Waals surface area contributed by atoms with Gasteiger partial charge in [-0.1, -0.05) is 71.9 Å². The molecule has 1 amide bonds. The van der Waals surface area contributed by atoms with E-state index in [0.717, 1.165) is 46.1 Å². The Morgan fingerprint density at radius 3 is 2.43 bits per heavy atom. The van der Waals surface area contributed by atoms with Crippen molar-refractivity contribution in [2.24, 2.45) is 5.92 Å². The number of hydrogen-bond donors (Lipinski definition) is 1. The molecule has 0 spiro atoms. The predicted octanol–water partition coefficient (Wildman–Crippen LogP) is 10.7. The lowest BCUT2D eigenvalue weighted by molar-refractivity contribution is 0.102. The molecule has 0 bridgehead atoms. The van der Waals surface area contributed by atoms with E-state index in [-0.39, 0.29) is 5.91 Å². The van der Waals surface area contributed by atoms with Gasteiger partial charge in [-0.25, -0.2) is 0 Å². The van der Waals surface area contributed by atoms with Crippen LogP contribution in [0.5, 0.6) is 0 Å². The fraction of sp³-hybridized carbons (Fsp3) is 0.400. The molecule has 3 heterocycles. The van der Waals surface area contributed by atoms with Crippen molar-refractivity contribution in [3.05, 3.63) is 83.6 Å². The molecule has 2 aromatic heterocycles. The molecule has 224 valence electrons. The summed E-state index contributed by atoms with van der Waals surface area (Å²) in [6.45, 7) is 11.8. The number of anilines is 2. The molecule has 0 radical (unpaired) electrons. The highest BCUT2D eigenvalue weighted by atomic mass is 35.5. The zero-order valence-corrected chi connectivity index (χ0v) is 27.3. The molecule has 1 aliphatic rings. The van der Waals surface area contributed by atoms with E-state index in [1.807, 2.05) is 74.3 Å². The smallest absolute Gasteiger partial charge is 0.255 e. The molecule has 4 aromatic rings. The van der Waals surface area contributed by atoms with Crippen molar-refractivity contribution in [3.63, 3.8) is 0 Å². The van der Waals surface area contributed by atoms with Crippen LogP contribution in [0.4, 0.5) is 11.4 Å². The van der Waals surface area contributed by atoms with Gasteiger partial charge in [0.25, 0.3) is 5.91 Å². The van der Waals surface area contributed by atoms with E-state index in [1.54, 1.807) is 24.5 Å². The van der Waals surface area contributed by atoms with Crippen molar-refractivity contribution < 1.29 is 4.79 Å². The molecule has 42 heavy (non-hydrogen) atoms. The molecule has 1 unspecified atom stereocenters. The minimum absolute atomic E-state index is 0.162. The quantitative estimate of drug-likeness (QED) is 0.168. The number of benzene rings is 2. The number of nitrogens with one attached hydrogen (secondary N) is 1. The van der Waals surface area contributed by atoms with E-state index >= 15 is 0 Å². The van der Waals surface area contributed by atoms with Crippen LogP contribution in [0.25, 0.3) is 22.2 Å². The topological polar surface area (TPSA) is 58.1 Å². The largest absolute Gasteiger partial charge is 0.322 e. The number of carbonyl (C=O) groups excluding carboxylic acids is 1. The predicted molar refractivity (Wildman–Crippen MR) is 184 cm³/mol. The van der Waals surface area contributed by atoms with Crippen LogP contribution in [0.3, 0.4) is 0 Å². The molecule has 7 heteroatoms. The summed E-state index contributed by atoms with van der Waals surface area (Å²) in [4.78, 5) is 21.9. The molecule has 0 aliphatic carbocycles. The Bertz CT molecular complexity index is 1390. The summed E-state index contributed by atoms with van der Waals surface area (Å²) in [6.07, 6.45) is 11.4. The van der Waals surface area contributed by atoms with Crippen LogP contribution < -0.4 is 9.62 Å². The Balaban J connectivity index is 0.000000541. The van der Waals surface area contributed by atoms with Crippen LogP contribution >= 0.6 is 23.5 Å². The van der Waals surface area contributed by atoms with Gasteiger partial charge >= 0.3 is 0 Å². The standard InChI is InChI=1S/C27H25ClN4OS.C6H14.C2H6/c1-18-11-15-32(34-16-12-18)21-7-4-19(5-8-21)27(33)31-20-6-9-24(28)23(17-20)26-22-3-2-13-29-25(22)10-14-30-26;1-3-5-6-4-2;1-2/h2-10,13-14,17-18H,11-12,15-16H2,1H3,(H,31,33);3-6H2,1-2H3;1-2H3. The van der Waals surface area contributed by atoms with Gasteiger partial charge in [0.1, 0.15) is 0 Å². The van der Waals surface area contributed by atoms with Crippen LogP contribution in [0.15, 0.2) is 73.1 Å². The van der Waals surface area contributed by atoms with Gasteiger partial charge in [-0.05, 0) is 91.4 Å². The average molecular weight is 605 g/mol. The number of pyridine rings is 2. The number of unbranched alkanes of at least 4 members (excludes halogenated alkanes) is 3. The summed E-state index contributed by atoms with van der Waals surface area (Å²) in [5, 5.41) is 4.47. The second kappa shape index (κ2) is 17.8. The third-order valence-electron chi connectivity index (χ3n) is 7.07. The highest BCUT2D eigenvalue weighted by Gasteiger charge is 2.16. The van der Waals surface area contributed by atoms with Crippen molar-refractivity contribution in [2.45, 2.75) is 73.1 Å². The Morgan fingerprint density at radius 1 is 0.976 bits per heavy atom. The number of aromatic nitrogens is 2. The van der Waals surface area contributed by atoms with E-state index in [9.17, 15) is 4.79 Å². The molecule has 1 fully saturated rings. The zero-order valence-electron chi connectivity index (χ0n) is 25.7. The maximum atomic E-state index is 13.0. The molecule has 1 atom stereocenters. The number of nitrogens with zero attached hydrogens (tertiary/aromatic N) is 3. The van der Waals surface area contributed by atoms with E-state index < -0.39 is 0 Å². The first kappa shape index (κ1) is 33.4. The molecule has 5 rings (SSSR count). The van der Waals surface area contributed by atoms with Crippen molar-refractivity contribution >= 4 is 51.7 Å². The van der Waals surface area contributed by atoms with Crippen LogP contribution in [-0.2, 0) is 0 Å². The Labute approximate surface area is 261 Å². The minimum Gasteiger partial charge on any atom is -0.322 e. The van der Waals surface area contributed by atoms with Gasteiger partial charge < -0.3 is 9.62 Å². The second-order valence-electron chi connectivity index (χ2n) is 10.3. The van der Waals surface area contributed by atoms with Gasteiger partial charge in [0.05, 0.1) is 16.2 Å².